The zero-order valence-corrected chi connectivity index (χ0v) is 12.3. The zero-order valence-electron chi connectivity index (χ0n) is 12.3. The number of benzene rings is 1. The quantitative estimate of drug-likeness (QED) is 0.571. The van der Waals surface area contributed by atoms with E-state index < -0.39 is 23.3 Å². The van der Waals surface area contributed by atoms with Gasteiger partial charge in [0.25, 0.3) is 5.91 Å². The minimum Gasteiger partial charge on any atom is -0.478 e. The molecule has 1 aromatic carbocycles. The maximum absolute atomic E-state index is 13.7. The molecule has 2 heterocycles. The van der Waals surface area contributed by atoms with Crippen LogP contribution in [-0.4, -0.2) is 42.2 Å². The van der Waals surface area contributed by atoms with Crippen molar-refractivity contribution >= 4 is 29.0 Å². The molecule has 11 heteroatoms. The molecule has 124 valence electrons. The van der Waals surface area contributed by atoms with E-state index in [2.05, 4.69) is 31.9 Å². The Bertz CT molecular complexity index is 1070. The summed E-state index contributed by atoms with van der Waals surface area (Å²) >= 11 is 0. The number of terminal acetylenes is 1. The van der Waals surface area contributed by atoms with Gasteiger partial charge in [-0.2, -0.15) is 0 Å². The number of carboxylic acids is 1. The lowest BCUT2D eigenvalue weighted by atomic mass is 10.1. The number of nitrogens with zero attached hydrogens (tertiary/aromatic N) is 5. The Labute approximate surface area is 138 Å². The molecule has 0 aliphatic rings. The van der Waals surface area contributed by atoms with Crippen LogP contribution in [0.4, 0.5) is 15.9 Å². The third-order valence-electron chi connectivity index (χ3n) is 3.18. The molecular weight excluding hydrogens is 333 g/mol. The number of hydrogen-bond acceptors (Lipinski definition) is 7. The second kappa shape index (κ2) is 5.85. The number of fused-ring (bicyclic) bond motifs is 1. The number of tetrazole rings is 1. The summed E-state index contributed by atoms with van der Waals surface area (Å²) in [6, 6.07) is 2.98. The summed E-state index contributed by atoms with van der Waals surface area (Å²) < 4.78 is 14.6. The summed E-state index contributed by atoms with van der Waals surface area (Å²) in [5, 5.41) is 25.9. The Morgan fingerprint density at radius 3 is 2.76 bits per heavy atom. The van der Waals surface area contributed by atoms with E-state index in [0.717, 1.165) is 16.8 Å². The lowest BCUT2D eigenvalue weighted by Gasteiger charge is -2.10. The number of carboxylic acid groups (broad SMARTS) is 1. The van der Waals surface area contributed by atoms with Gasteiger partial charge < -0.3 is 16.2 Å². The average Bonchev–Trinajstić information content (AvgIpc) is 3.03. The number of nitrogens with two attached hydrogens (primary N) is 1. The van der Waals surface area contributed by atoms with E-state index in [-0.39, 0.29) is 28.3 Å². The van der Waals surface area contributed by atoms with Crippen molar-refractivity contribution in [2.75, 3.05) is 11.1 Å². The number of nitrogens with one attached hydrogen (secondary N) is 1. The number of amides is 1. The molecule has 4 N–H and O–H groups in total. The van der Waals surface area contributed by atoms with Gasteiger partial charge in [0.2, 0.25) is 5.65 Å². The molecule has 0 saturated heterocycles. The largest absolute Gasteiger partial charge is 0.478 e. The van der Waals surface area contributed by atoms with Crippen molar-refractivity contribution in [3.05, 3.63) is 40.7 Å². The maximum Gasteiger partial charge on any atom is 0.337 e. The Hall–Kier alpha value is -4.07. The number of anilines is 2. The van der Waals surface area contributed by atoms with Gasteiger partial charge in [-0.15, -0.1) is 21.3 Å². The first-order valence-electron chi connectivity index (χ1n) is 6.60. The molecular formula is C14H8FN7O3. The number of nitrogen functional groups attached to an aromatic ring is 1. The minimum absolute atomic E-state index is 0.00265. The van der Waals surface area contributed by atoms with Gasteiger partial charge in [0.05, 0.1) is 22.4 Å². The van der Waals surface area contributed by atoms with Gasteiger partial charge in [0.15, 0.2) is 0 Å². The number of aromatic nitrogens is 5. The molecule has 0 spiro atoms. The zero-order chi connectivity index (χ0) is 18.1. The molecule has 3 aromatic rings. The molecule has 0 atom stereocenters. The van der Waals surface area contributed by atoms with Crippen LogP contribution in [0.15, 0.2) is 18.2 Å². The predicted molar refractivity (Wildman–Crippen MR) is 82.2 cm³/mol. The van der Waals surface area contributed by atoms with Gasteiger partial charge in [-0.3, -0.25) is 4.79 Å². The number of halogens is 1. The van der Waals surface area contributed by atoms with Gasteiger partial charge in [0, 0.05) is 0 Å². The first kappa shape index (κ1) is 15.8. The van der Waals surface area contributed by atoms with Crippen molar-refractivity contribution in [1.82, 2.24) is 25.3 Å². The van der Waals surface area contributed by atoms with Crippen LogP contribution in [0, 0.1) is 18.2 Å². The first-order chi connectivity index (χ1) is 11.9. The summed E-state index contributed by atoms with van der Waals surface area (Å²) in [4.78, 5) is 23.8. The minimum atomic E-state index is -1.44. The number of hydrogen-bond donors (Lipinski definition) is 3. The number of aromatic carboxylic acids is 1. The highest BCUT2D eigenvalue weighted by Crippen LogP contribution is 2.22. The molecule has 0 aliphatic heterocycles. The lowest BCUT2D eigenvalue weighted by molar-refractivity contribution is 0.0697. The Morgan fingerprint density at radius 2 is 2.08 bits per heavy atom. The van der Waals surface area contributed by atoms with Crippen LogP contribution in [0.1, 0.15) is 26.3 Å². The van der Waals surface area contributed by atoms with E-state index in [1.54, 1.807) is 0 Å². The first-order valence-corrected chi connectivity index (χ1v) is 6.60. The van der Waals surface area contributed by atoms with Crippen molar-refractivity contribution < 1.29 is 19.1 Å². The second-order valence-corrected chi connectivity index (χ2v) is 4.76. The topological polar surface area (TPSA) is 148 Å². The molecule has 0 bridgehead atoms. The summed E-state index contributed by atoms with van der Waals surface area (Å²) in [5.74, 6) is -1.08. The number of carbonyl (C=O) groups is 2. The van der Waals surface area contributed by atoms with Crippen molar-refractivity contribution in [2.24, 2.45) is 0 Å². The molecule has 10 nitrogen and oxygen atoms in total. The summed E-state index contributed by atoms with van der Waals surface area (Å²) in [6.45, 7) is 0. The fourth-order valence-corrected chi connectivity index (χ4v) is 2.08. The fourth-order valence-electron chi connectivity index (χ4n) is 2.08. The van der Waals surface area contributed by atoms with Crippen LogP contribution in [0.3, 0.4) is 0 Å². The summed E-state index contributed by atoms with van der Waals surface area (Å²) in [6.07, 6.45) is 5.16. The lowest BCUT2D eigenvalue weighted by Crippen LogP contribution is -2.18. The molecule has 3 rings (SSSR count). The molecule has 25 heavy (non-hydrogen) atoms. The molecule has 0 radical (unpaired) electrons. The van der Waals surface area contributed by atoms with Crippen LogP contribution < -0.4 is 11.1 Å². The van der Waals surface area contributed by atoms with Crippen molar-refractivity contribution in [3.63, 3.8) is 0 Å². The molecule has 0 fully saturated rings. The predicted octanol–water partition coefficient (Wildman–Crippen LogP) is 0.172. The molecule has 1 amide bonds. The van der Waals surface area contributed by atoms with Gasteiger partial charge in [-0.05, 0) is 28.6 Å². The van der Waals surface area contributed by atoms with Crippen molar-refractivity contribution in [2.45, 2.75) is 0 Å². The standard InChI is InChI=1S/C14H8FN7O3/c1-2-6-3-10(7(14(24)25)4-9(6)15)17-13(23)8-5-11(16)19-22-12(8)18-20-21-22/h1,3-5H,(H2,16,19)(H,17,23)(H,24,25). The van der Waals surface area contributed by atoms with E-state index >= 15 is 0 Å². The van der Waals surface area contributed by atoms with Gasteiger partial charge >= 0.3 is 5.97 Å². The van der Waals surface area contributed by atoms with Crippen LogP contribution in [0.2, 0.25) is 0 Å². The average molecular weight is 341 g/mol. The van der Waals surface area contributed by atoms with Gasteiger partial charge in [0.1, 0.15) is 11.6 Å². The van der Waals surface area contributed by atoms with Gasteiger partial charge in [-0.25, -0.2) is 9.18 Å². The fraction of sp³-hybridized carbons (Fsp3) is 0. The highest BCUT2D eigenvalue weighted by atomic mass is 19.1. The van der Waals surface area contributed by atoms with E-state index in [9.17, 15) is 19.1 Å². The highest BCUT2D eigenvalue weighted by molar-refractivity contribution is 6.11. The third-order valence-corrected chi connectivity index (χ3v) is 3.18. The number of carbonyl (C=O) groups excluding carboxylic acids is 1. The maximum atomic E-state index is 13.7. The highest BCUT2D eigenvalue weighted by Gasteiger charge is 2.20. The second-order valence-electron chi connectivity index (χ2n) is 4.76. The van der Waals surface area contributed by atoms with Crippen LogP contribution >= 0.6 is 0 Å². The normalized spacial score (nSPS) is 10.4. The molecule has 0 unspecified atom stereocenters. The molecule has 2 aromatic heterocycles. The van der Waals surface area contributed by atoms with E-state index in [1.165, 1.54) is 6.07 Å². The Balaban J connectivity index is 2.07. The Morgan fingerprint density at radius 1 is 1.32 bits per heavy atom. The Kier molecular flexibility index (Phi) is 3.70. The van der Waals surface area contributed by atoms with Crippen LogP contribution in [0.5, 0.6) is 0 Å². The van der Waals surface area contributed by atoms with Crippen LogP contribution in [-0.2, 0) is 0 Å². The smallest absolute Gasteiger partial charge is 0.337 e. The third kappa shape index (κ3) is 2.79. The van der Waals surface area contributed by atoms with Crippen molar-refractivity contribution in [1.29, 1.82) is 0 Å². The van der Waals surface area contributed by atoms with Crippen LogP contribution in [0.25, 0.3) is 5.65 Å². The van der Waals surface area contributed by atoms with E-state index in [1.807, 2.05) is 0 Å². The summed E-state index contributed by atoms with van der Waals surface area (Å²) in [5.41, 5.74) is 4.67. The monoisotopic (exact) mass is 341 g/mol. The van der Waals surface area contributed by atoms with Gasteiger partial charge in [-0.1, -0.05) is 5.92 Å². The molecule has 0 saturated carbocycles. The van der Waals surface area contributed by atoms with E-state index in [0.29, 0.717) is 0 Å². The SMILES string of the molecule is C#Cc1cc(NC(=O)c2cc(N)nn3nnnc23)c(C(=O)O)cc1F. The van der Waals surface area contributed by atoms with E-state index in [4.69, 9.17) is 12.2 Å². The summed E-state index contributed by atoms with van der Waals surface area (Å²) in [7, 11) is 0. The number of rotatable bonds is 3. The van der Waals surface area contributed by atoms with Crippen molar-refractivity contribution in [3.8, 4) is 12.3 Å². The molecule has 0 aliphatic carbocycles.